The van der Waals surface area contributed by atoms with Crippen LogP contribution in [0.1, 0.15) is 5.89 Å². The maximum absolute atomic E-state index is 6.01. The van der Waals surface area contributed by atoms with Gasteiger partial charge in [-0.05, 0) is 24.3 Å². The van der Waals surface area contributed by atoms with Crippen molar-refractivity contribution in [1.29, 1.82) is 0 Å². The molecule has 0 aliphatic heterocycles. The normalized spacial score (nSPS) is 11.3. The predicted molar refractivity (Wildman–Crippen MR) is 114 cm³/mol. The van der Waals surface area contributed by atoms with E-state index in [1.165, 1.54) is 0 Å². The van der Waals surface area contributed by atoms with Crippen LogP contribution in [-0.4, -0.2) is 54.8 Å². The van der Waals surface area contributed by atoms with Gasteiger partial charge in [0.25, 0.3) is 0 Å². The summed E-state index contributed by atoms with van der Waals surface area (Å²) in [5.41, 5.74) is 0.828. The number of hydrogen-bond acceptors (Lipinski definition) is 5. The molecule has 0 saturated carbocycles. The number of para-hydroxylation sites is 1. The first-order valence-electron chi connectivity index (χ1n) is 9.34. The van der Waals surface area contributed by atoms with Gasteiger partial charge in [0.2, 0.25) is 11.7 Å². The number of aromatic nitrogens is 2. The van der Waals surface area contributed by atoms with Crippen molar-refractivity contribution in [3.8, 4) is 17.1 Å². The summed E-state index contributed by atoms with van der Waals surface area (Å²) >= 11 is 6.01. The molecule has 3 aromatic rings. The Morgan fingerprint density at radius 1 is 1.21 bits per heavy atom. The number of aliphatic imine (C=N–C) groups is 1. The summed E-state index contributed by atoms with van der Waals surface area (Å²) in [5.74, 6) is 2.71. The fourth-order valence-electron chi connectivity index (χ4n) is 2.69. The first kappa shape index (κ1) is 20.7. The number of guanidine groups is 1. The van der Waals surface area contributed by atoms with E-state index in [2.05, 4.69) is 20.4 Å². The van der Waals surface area contributed by atoms with Crippen LogP contribution in [0, 0.1) is 0 Å². The molecular formula is C21H24ClN5O2. The highest BCUT2D eigenvalue weighted by Gasteiger charge is 2.10. The second-order valence-electron chi connectivity index (χ2n) is 6.33. The van der Waals surface area contributed by atoms with Gasteiger partial charge in [-0.25, -0.2) is 0 Å². The first-order valence-corrected chi connectivity index (χ1v) is 9.71. The minimum Gasteiger partial charge on any atom is -0.492 e. The molecule has 0 atom stereocenters. The van der Waals surface area contributed by atoms with E-state index >= 15 is 0 Å². The monoisotopic (exact) mass is 413 g/mol. The van der Waals surface area contributed by atoms with Gasteiger partial charge >= 0.3 is 0 Å². The maximum atomic E-state index is 6.01. The quantitative estimate of drug-likeness (QED) is 0.450. The first-order chi connectivity index (χ1) is 14.2. The number of ether oxygens (including phenoxy) is 1. The average molecular weight is 414 g/mol. The Labute approximate surface area is 175 Å². The molecule has 0 aliphatic carbocycles. The minimum atomic E-state index is 0.530. The van der Waals surface area contributed by atoms with Gasteiger partial charge in [-0.1, -0.05) is 47.1 Å². The van der Waals surface area contributed by atoms with E-state index in [0.717, 1.165) is 17.3 Å². The largest absolute Gasteiger partial charge is 0.492 e. The number of likely N-dealkylation sites (N-methyl/N-ethyl adjacent to an activating group) is 1. The lowest BCUT2D eigenvalue weighted by atomic mass is 10.2. The molecule has 1 heterocycles. The number of rotatable bonds is 8. The van der Waals surface area contributed by atoms with E-state index in [-0.39, 0.29) is 0 Å². The topological polar surface area (TPSA) is 75.8 Å². The predicted octanol–water partition coefficient (Wildman–Crippen LogP) is 3.52. The lowest BCUT2D eigenvalue weighted by molar-refractivity contribution is 0.281. The fourth-order valence-corrected chi connectivity index (χ4v) is 2.88. The average Bonchev–Trinajstić information content (AvgIpc) is 3.21. The van der Waals surface area contributed by atoms with Crippen LogP contribution in [0.15, 0.2) is 64.1 Å². The van der Waals surface area contributed by atoms with Crippen molar-refractivity contribution in [2.75, 3.05) is 33.8 Å². The van der Waals surface area contributed by atoms with Crippen molar-refractivity contribution in [1.82, 2.24) is 20.4 Å². The number of benzene rings is 2. The van der Waals surface area contributed by atoms with Gasteiger partial charge in [0.05, 0.1) is 6.54 Å². The van der Waals surface area contributed by atoms with Crippen LogP contribution in [0.2, 0.25) is 5.02 Å². The molecule has 0 aliphatic rings. The third-order valence-corrected chi connectivity index (χ3v) is 4.42. The highest BCUT2D eigenvalue weighted by molar-refractivity contribution is 6.30. The van der Waals surface area contributed by atoms with E-state index in [4.69, 9.17) is 20.9 Å². The Balaban J connectivity index is 1.43. The lowest BCUT2D eigenvalue weighted by Crippen LogP contribution is -2.41. The second-order valence-corrected chi connectivity index (χ2v) is 6.77. The van der Waals surface area contributed by atoms with E-state index in [1.54, 1.807) is 7.05 Å². The van der Waals surface area contributed by atoms with Crippen LogP contribution in [-0.2, 0) is 6.42 Å². The van der Waals surface area contributed by atoms with Gasteiger partial charge in [-0.2, -0.15) is 4.98 Å². The zero-order valence-corrected chi connectivity index (χ0v) is 17.3. The van der Waals surface area contributed by atoms with Crippen LogP contribution >= 0.6 is 11.6 Å². The minimum absolute atomic E-state index is 0.530. The maximum Gasteiger partial charge on any atom is 0.228 e. The molecule has 29 heavy (non-hydrogen) atoms. The zero-order valence-electron chi connectivity index (χ0n) is 16.5. The summed E-state index contributed by atoms with van der Waals surface area (Å²) in [4.78, 5) is 10.7. The van der Waals surface area contributed by atoms with Crippen molar-refractivity contribution in [3.05, 3.63) is 65.5 Å². The summed E-state index contributed by atoms with van der Waals surface area (Å²) < 4.78 is 11.1. The molecule has 1 aromatic heterocycles. The standard InChI is InChI=1S/C21H24ClN5O2/c1-23-21(27(2)13-14-28-18-9-4-3-5-10-18)24-12-11-19-25-20(26-29-19)16-7-6-8-17(22)15-16/h3-10,15H,11-14H2,1-2H3,(H,23,24). The van der Waals surface area contributed by atoms with E-state index < -0.39 is 0 Å². The molecule has 0 bridgehead atoms. The number of nitrogens with zero attached hydrogens (tertiary/aromatic N) is 4. The molecule has 0 spiro atoms. The SMILES string of the molecule is CN=C(NCCc1nc(-c2cccc(Cl)c2)no1)N(C)CCOc1ccccc1. The number of nitrogens with one attached hydrogen (secondary N) is 1. The van der Waals surface area contributed by atoms with Crippen molar-refractivity contribution < 1.29 is 9.26 Å². The molecule has 3 rings (SSSR count). The summed E-state index contributed by atoms with van der Waals surface area (Å²) in [7, 11) is 3.72. The Kier molecular flexibility index (Phi) is 7.47. The van der Waals surface area contributed by atoms with Crippen LogP contribution in [0.25, 0.3) is 11.4 Å². The summed E-state index contributed by atoms with van der Waals surface area (Å²) in [6, 6.07) is 17.1. The molecule has 7 nitrogen and oxygen atoms in total. The Hall–Kier alpha value is -3.06. The van der Waals surface area contributed by atoms with Crippen molar-refractivity contribution in [3.63, 3.8) is 0 Å². The van der Waals surface area contributed by atoms with Crippen molar-refractivity contribution in [2.45, 2.75) is 6.42 Å². The Bertz CT molecular complexity index is 930. The number of halogens is 1. The summed E-state index contributed by atoms with van der Waals surface area (Å²) in [5, 5.41) is 7.95. The van der Waals surface area contributed by atoms with E-state index in [9.17, 15) is 0 Å². The highest BCUT2D eigenvalue weighted by atomic mass is 35.5. The van der Waals surface area contributed by atoms with Gasteiger partial charge in [-0.3, -0.25) is 4.99 Å². The third kappa shape index (κ3) is 6.22. The molecule has 0 unspecified atom stereocenters. The lowest BCUT2D eigenvalue weighted by Gasteiger charge is -2.21. The van der Waals surface area contributed by atoms with Crippen LogP contribution in [0.4, 0.5) is 0 Å². The molecule has 1 N–H and O–H groups in total. The second kappa shape index (κ2) is 10.5. The van der Waals surface area contributed by atoms with Gasteiger partial charge in [0.15, 0.2) is 5.96 Å². The summed E-state index contributed by atoms with van der Waals surface area (Å²) in [6.07, 6.45) is 0.584. The van der Waals surface area contributed by atoms with Crippen LogP contribution in [0.5, 0.6) is 5.75 Å². The van der Waals surface area contributed by atoms with E-state index in [0.29, 0.717) is 42.9 Å². The van der Waals surface area contributed by atoms with Gasteiger partial charge in [0, 0.05) is 37.6 Å². The molecule has 0 radical (unpaired) electrons. The van der Waals surface area contributed by atoms with Gasteiger partial charge in [0.1, 0.15) is 12.4 Å². The Morgan fingerprint density at radius 2 is 2.03 bits per heavy atom. The smallest absolute Gasteiger partial charge is 0.228 e. The molecule has 2 aromatic carbocycles. The molecule has 152 valence electrons. The molecule has 0 saturated heterocycles. The van der Waals surface area contributed by atoms with Gasteiger partial charge in [-0.15, -0.1) is 0 Å². The zero-order chi connectivity index (χ0) is 20.5. The number of hydrogen-bond donors (Lipinski definition) is 1. The van der Waals surface area contributed by atoms with E-state index in [1.807, 2.05) is 66.5 Å². The summed E-state index contributed by atoms with van der Waals surface area (Å²) in [6.45, 7) is 1.88. The van der Waals surface area contributed by atoms with Crippen LogP contribution in [0.3, 0.4) is 0 Å². The molecule has 0 fully saturated rings. The highest BCUT2D eigenvalue weighted by Crippen LogP contribution is 2.19. The molecular weight excluding hydrogens is 390 g/mol. The van der Waals surface area contributed by atoms with Crippen molar-refractivity contribution in [2.24, 2.45) is 4.99 Å². The molecule has 0 amide bonds. The third-order valence-electron chi connectivity index (χ3n) is 4.18. The fraction of sp³-hybridized carbons (Fsp3) is 0.286. The van der Waals surface area contributed by atoms with Gasteiger partial charge < -0.3 is 19.5 Å². The molecule has 8 heteroatoms. The van der Waals surface area contributed by atoms with Crippen molar-refractivity contribution >= 4 is 17.6 Å². The van der Waals surface area contributed by atoms with Crippen LogP contribution < -0.4 is 10.1 Å². The Morgan fingerprint density at radius 3 is 2.79 bits per heavy atom.